The normalized spacial score (nSPS) is 23.6. The van der Waals surface area contributed by atoms with Crippen molar-refractivity contribution in [2.24, 2.45) is 11.1 Å². The number of benzene rings is 2. The fourth-order valence-corrected chi connectivity index (χ4v) is 3.75. The second-order valence-electron chi connectivity index (χ2n) is 7.43. The lowest BCUT2D eigenvalue weighted by Crippen LogP contribution is -2.29. The van der Waals surface area contributed by atoms with Crippen LogP contribution < -0.4 is 14.2 Å². The Kier molecular flexibility index (Phi) is 4.89. The SMILES string of the molecule is COc1cc2c(cc1OC)C(=NOCCN(C)C)C1CC1(c1ccccc1)O2. The number of oxime groups is 1. The van der Waals surface area contributed by atoms with Crippen LogP contribution in [0.15, 0.2) is 47.6 Å². The van der Waals surface area contributed by atoms with E-state index in [0.717, 1.165) is 35.6 Å². The Balaban J connectivity index is 1.73. The predicted molar refractivity (Wildman–Crippen MR) is 107 cm³/mol. The summed E-state index contributed by atoms with van der Waals surface area (Å²) < 4.78 is 17.5. The predicted octanol–water partition coefficient (Wildman–Crippen LogP) is 3.29. The number of hydrogen-bond donors (Lipinski definition) is 0. The number of hydrogen-bond acceptors (Lipinski definition) is 6. The van der Waals surface area contributed by atoms with Gasteiger partial charge in [-0.15, -0.1) is 0 Å². The molecule has 1 aliphatic carbocycles. The summed E-state index contributed by atoms with van der Waals surface area (Å²) in [6.45, 7) is 1.34. The summed E-state index contributed by atoms with van der Waals surface area (Å²) in [6, 6.07) is 14.1. The lowest BCUT2D eigenvalue weighted by atomic mass is 9.95. The van der Waals surface area contributed by atoms with Crippen LogP contribution in [0.3, 0.4) is 0 Å². The van der Waals surface area contributed by atoms with Crippen molar-refractivity contribution in [3.63, 3.8) is 0 Å². The van der Waals surface area contributed by atoms with Crippen molar-refractivity contribution in [1.82, 2.24) is 4.90 Å². The molecule has 1 heterocycles. The topological polar surface area (TPSA) is 52.5 Å². The fraction of sp³-hybridized carbons (Fsp3) is 0.409. The van der Waals surface area contributed by atoms with E-state index >= 15 is 0 Å². The standard InChI is InChI=1S/C22H26N2O4/c1-24(2)10-11-27-23-21-16-12-19(25-3)20(26-4)13-18(16)28-22(14-17(21)22)15-8-6-5-7-9-15/h5-9,12-13,17H,10-11,14H2,1-4H3. The van der Waals surface area contributed by atoms with E-state index in [0.29, 0.717) is 18.1 Å². The van der Waals surface area contributed by atoms with Gasteiger partial charge in [0.25, 0.3) is 0 Å². The van der Waals surface area contributed by atoms with Crippen LogP contribution in [-0.2, 0) is 10.4 Å². The van der Waals surface area contributed by atoms with Gasteiger partial charge < -0.3 is 23.9 Å². The van der Waals surface area contributed by atoms with E-state index in [1.165, 1.54) is 0 Å². The largest absolute Gasteiger partial charge is 0.493 e. The molecule has 1 aliphatic heterocycles. The molecule has 148 valence electrons. The van der Waals surface area contributed by atoms with Crippen LogP contribution in [-0.4, -0.2) is 52.1 Å². The highest BCUT2D eigenvalue weighted by Gasteiger charge is 2.64. The second-order valence-corrected chi connectivity index (χ2v) is 7.43. The van der Waals surface area contributed by atoms with Gasteiger partial charge in [-0.05, 0) is 25.7 Å². The van der Waals surface area contributed by atoms with Gasteiger partial charge in [0.05, 0.1) is 25.8 Å². The molecule has 4 rings (SSSR count). The van der Waals surface area contributed by atoms with E-state index in [2.05, 4.69) is 22.2 Å². The Bertz CT molecular complexity index is 882. The molecule has 2 atom stereocenters. The van der Waals surface area contributed by atoms with Gasteiger partial charge in [-0.1, -0.05) is 35.5 Å². The number of nitrogens with zero attached hydrogens (tertiary/aromatic N) is 2. The van der Waals surface area contributed by atoms with Crippen molar-refractivity contribution in [3.8, 4) is 17.2 Å². The summed E-state index contributed by atoms with van der Waals surface area (Å²) in [5.41, 5.74) is 2.57. The van der Waals surface area contributed by atoms with Gasteiger partial charge in [0.1, 0.15) is 18.0 Å². The number of ether oxygens (including phenoxy) is 3. The van der Waals surface area contributed by atoms with Gasteiger partial charge in [0, 0.05) is 24.6 Å². The first kappa shape index (κ1) is 18.6. The summed E-state index contributed by atoms with van der Waals surface area (Å²) in [7, 11) is 7.28. The van der Waals surface area contributed by atoms with Crippen LogP contribution in [0.2, 0.25) is 0 Å². The summed E-state index contributed by atoms with van der Waals surface area (Å²) in [5.74, 6) is 2.18. The monoisotopic (exact) mass is 382 g/mol. The van der Waals surface area contributed by atoms with Gasteiger partial charge in [-0.25, -0.2) is 0 Å². The van der Waals surface area contributed by atoms with Crippen LogP contribution in [0.25, 0.3) is 0 Å². The van der Waals surface area contributed by atoms with Crippen LogP contribution >= 0.6 is 0 Å². The van der Waals surface area contributed by atoms with Gasteiger partial charge in [-0.2, -0.15) is 0 Å². The van der Waals surface area contributed by atoms with Crippen molar-refractivity contribution in [3.05, 3.63) is 53.6 Å². The molecule has 1 fully saturated rings. The minimum Gasteiger partial charge on any atom is -0.493 e. The van der Waals surface area contributed by atoms with E-state index in [1.54, 1.807) is 14.2 Å². The molecular weight excluding hydrogens is 356 g/mol. The highest BCUT2D eigenvalue weighted by Crippen LogP contribution is 2.61. The maximum atomic E-state index is 6.52. The number of fused-ring (bicyclic) bond motifs is 2. The number of likely N-dealkylation sites (N-methyl/N-ethyl adjacent to an activating group) is 1. The Morgan fingerprint density at radius 2 is 1.82 bits per heavy atom. The van der Waals surface area contributed by atoms with Crippen molar-refractivity contribution in [1.29, 1.82) is 0 Å². The first-order chi connectivity index (χ1) is 13.6. The Hall–Kier alpha value is -2.73. The maximum absolute atomic E-state index is 6.52. The zero-order chi connectivity index (χ0) is 19.7. The molecule has 6 heteroatoms. The number of rotatable bonds is 7. The van der Waals surface area contributed by atoms with Crippen molar-refractivity contribution in [2.75, 3.05) is 41.5 Å². The van der Waals surface area contributed by atoms with E-state index < -0.39 is 5.60 Å². The quantitative estimate of drug-likeness (QED) is 0.543. The number of methoxy groups -OCH3 is 2. The summed E-state index contributed by atoms with van der Waals surface area (Å²) in [4.78, 5) is 7.73. The molecule has 0 N–H and O–H groups in total. The average Bonchev–Trinajstić information content (AvgIpc) is 3.45. The molecule has 2 aromatic rings. The van der Waals surface area contributed by atoms with Crippen LogP contribution in [0.1, 0.15) is 17.5 Å². The molecule has 2 aliphatic rings. The zero-order valence-electron chi connectivity index (χ0n) is 16.8. The highest BCUT2D eigenvalue weighted by molar-refractivity contribution is 6.08. The third-order valence-corrected chi connectivity index (χ3v) is 5.35. The second kappa shape index (κ2) is 7.36. The van der Waals surface area contributed by atoms with Crippen molar-refractivity contribution >= 4 is 5.71 Å². The third-order valence-electron chi connectivity index (χ3n) is 5.35. The van der Waals surface area contributed by atoms with E-state index in [1.807, 2.05) is 44.4 Å². The van der Waals surface area contributed by atoms with Crippen molar-refractivity contribution < 1.29 is 19.0 Å². The molecular formula is C22H26N2O4. The van der Waals surface area contributed by atoms with Gasteiger partial charge in [0.2, 0.25) is 0 Å². The molecule has 0 saturated heterocycles. The molecule has 28 heavy (non-hydrogen) atoms. The molecule has 2 unspecified atom stereocenters. The fourth-order valence-electron chi connectivity index (χ4n) is 3.75. The molecule has 0 bridgehead atoms. The molecule has 0 aromatic heterocycles. The highest BCUT2D eigenvalue weighted by atomic mass is 16.6. The first-order valence-corrected chi connectivity index (χ1v) is 9.44. The minimum atomic E-state index is -0.391. The summed E-state index contributed by atoms with van der Waals surface area (Å²) in [5, 5.41) is 4.53. The third kappa shape index (κ3) is 3.18. The maximum Gasteiger partial charge on any atom is 0.164 e. The lowest BCUT2D eigenvalue weighted by Gasteiger charge is -2.28. The smallest absolute Gasteiger partial charge is 0.164 e. The molecule has 2 aromatic carbocycles. The van der Waals surface area contributed by atoms with Gasteiger partial charge in [0.15, 0.2) is 11.5 Å². The van der Waals surface area contributed by atoms with Crippen LogP contribution in [0, 0.1) is 5.92 Å². The van der Waals surface area contributed by atoms with Crippen LogP contribution in [0.4, 0.5) is 0 Å². The molecule has 0 amide bonds. The Labute approximate surface area is 165 Å². The summed E-state index contributed by atoms with van der Waals surface area (Å²) in [6.07, 6.45) is 0.867. The van der Waals surface area contributed by atoms with Crippen LogP contribution in [0.5, 0.6) is 17.2 Å². The molecule has 1 saturated carbocycles. The lowest BCUT2D eigenvalue weighted by molar-refractivity contribution is 0.121. The molecule has 6 nitrogen and oxygen atoms in total. The summed E-state index contributed by atoms with van der Waals surface area (Å²) >= 11 is 0. The van der Waals surface area contributed by atoms with E-state index in [-0.39, 0.29) is 5.92 Å². The van der Waals surface area contributed by atoms with Gasteiger partial charge in [-0.3, -0.25) is 0 Å². The zero-order valence-corrected chi connectivity index (χ0v) is 16.8. The average molecular weight is 382 g/mol. The Morgan fingerprint density at radius 1 is 1.11 bits per heavy atom. The van der Waals surface area contributed by atoms with E-state index in [4.69, 9.17) is 19.0 Å². The Morgan fingerprint density at radius 3 is 2.50 bits per heavy atom. The van der Waals surface area contributed by atoms with Gasteiger partial charge >= 0.3 is 0 Å². The molecule has 0 radical (unpaired) electrons. The minimum absolute atomic E-state index is 0.153. The van der Waals surface area contributed by atoms with E-state index in [9.17, 15) is 0 Å². The van der Waals surface area contributed by atoms with Crippen molar-refractivity contribution in [2.45, 2.75) is 12.0 Å². The first-order valence-electron chi connectivity index (χ1n) is 9.44. The molecule has 0 spiro atoms.